The lowest BCUT2D eigenvalue weighted by molar-refractivity contribution is 0.0694. The molecule has 0 radical (unpaired) electrons. The number of rotatable bonds is 4. The van der Waals surface area contributed by atoms with E-state index < -0.39 is 26.9 Å². The van der Waals surface area contributed by atoms with Crippen LogP contribution in [-0.4, -0.2) is 30.2 Å². The Labute approximate surface area is 166 Å². The van der Waals surface area contributed by atoms with Gasteiger partial charge in [0, 0.05) is 17.7 Å². The summed E-state index contributed by atoms with van der Waals surface area (Å²) >= 11 is 6.33. The molecule has 148 valence electrons. The van der Waals surface area contributed by atoms with E-state index in [9.17, 15) is 23.1 Å². The molecule has 0 spiro atoms. The highest BCUT2D eigenvalue weighted by Crippen LogP contribution is 2.46. The van der Waals surface area contributed by atoms with Crippen molar-refractivity contribution in [3.05, 3.63) is 44.7 Å². The standard InChI is InChI=1S/C19H18ClNO6S/c1-9(2)27-15-7-16-12(6-14(15)20)17-10(8-28(16,25)26)5-13(19(23)24)18(22)21(17)11-3-4-11/h5-7,9,11H,3-4,8H2,1-2H3,(H,23,24). The zero-order valence-electron chi connectivity index (χ0n) is 15.2. The van der Waals surface area contributed by atoms with Gasteiger partial charge in [-0.15, -0.1) is 0 Å². The zero-order valence-corrected chi connectivity index (χ0v) is 16.8. The maximum absolute atomic E-state index is 12.9. The van der Waals surface area contributed by atoms with Crippen LogP contribution in [0.3, 0.4) is 0 Å². The van der Waals surface area contributed by atoms with E-state index in [4.69, 9.17) is 16.3 Å². The Morgan fingerprint density at radius 2 is 1.96 bits per heavy atom. The molecule has 9 heteroatoms. The van der Waals surface area contributed by atoms with Crippen molar-refractivity contribution in [2.24, 2.45) is 0 Å². The van der Waals surface area contributed by atoms with E-state index in [-0.39, 0.29) is 33.6 Å². The molecular formula is C19H18ClNO6S. The molecule has 1 aromatic carbocycles. The first-order valence-corrected chi connectivity index (χ1v) is 10.9. The highest BCUT2D eigenvalue weighted by atomic mass is 35.5. The molecule has 4 rings (SSSR count). The summed E-state index contributed by atoms with van der Waals surface area (Å²) in [5.41, 5.74) is -0.0126. The van der Waals surface area contributed by atoms with E-state index >= 15 is 0 Å². The number of aromatic carboxylic acids is 1. The number of benzene rings is 1. The molecule has 1 fully saturated rings. The van der Waals surface area contributed by atoms with Gasteiger partial charge in [-0.25, -0.2) is 13.2 Å². The van der Waals surface area contributed by atoms with Gasteiger partial charge in [-0.3, -0.25) is 4.79 Å². The van der Waals surface area contributed by atoms with Crippen molar-refractivity contribution in [2.75, 3.05) is 0 Å². The molecule has 1 aromatic heterocycles. The molecule has 1 aliphatic carbocycles. The summed E-state index contributed by atoms with van der Waals surface area (Å²) in [5, 5.41) is 9.61. The van der Waals surface area contributed by atoms with Gasteiger partial charge in [0.2, 0.25) is 0 Å². The third kappa shape index (κ3) is 3.00. The van der Waals surface area contributed by atoms with Crippen LogP contribution in [0.25, 0.3) is 11.3 Å². The molecule has 0 bridgehead atoms. The number of ether oxygens (including phenoxy) is 1. The average Bonchev–Trinajstić information content (AvgIpc) is 3.40. The van der Waals surface area contributed by atoms with Gasteiger partial charge in [0.25, 0.3) is 5.56 Å². The second-order valence-electron chi connectivity index (χ2n) is 7.35. The number of pyridine rings is 1. The Balaban J connectivity index is 2.06. The van der Waals surface area contributed by atoms with E-state index in [0.29, 0.717) is 16.8 Å². The molecule has 1 aliphatic heterocycles. The Kier molecular flexibility index (Phi) is 4.31. The van der Waals surface area contributed by atoms with Crippen molar-refractivity contribution in [2.45, 2.75) is 49.5 Å². The molecule has 1 N–H and O–H groups in total. The number of hydrogen-bond acceptors (Lipinski definition) is 5. The topological polar surface area (TPSA) is 103 Å². The summed E-state index contributed by atoms with van der Waals surface area (Å²) in [5.74, 6) is -1.50. The first-order valence-electron chi connectivity index (χ1n) is 8.85. The predicted octanol–water partition coefficient (Wildman–Crippen LogP) is 3.28. The van der Waals surface area contributed by atoms with E-state index in [0.717, 1.165) is 12.8 Å². The summed E-state index contributed by atoms with van der Waals surface area (Å²) in [7, 11) is -3.75. The average molecular weight is 424 g/mol. The van der Waals surface area contributed by atoms with Crippen LogP contribution in [0.5, 0.6) is 5.75 Å². The Bertz CT molecular complexity index is 1180. The summed E-state index contributed by atoms with van der Waals surface area (Å²) in [6, 6.07) is 3.91. The molecule has 0 unspecified atom stereocenters. The minimum absolute atomic E-state index is 0.0388. The fourth-order valence-electron chi connectivity index (χ4n) is 3.54. The number of hydrogen-bond donors (Lipinski definition) is 1. The number of nitrogens with zero attached hydrogens (tertiary/aromatic N) is 1. The predicted molar refractivity (Wildman–Crippen MR) is 103 cm³/mol. The van der Waals surface area contributed by atoms with Crippen LogP contribution in [0.1, 0.15) is 48.7 Å². The molecular weight excluding hydrogens is 406 g/mol. The van der Waals surface area contributed by atoms with Crippen molar-refractivity contribution in [3.8, 4) is 17.0 Å². The maximum atomic E-state index is 12.9. The minimum Gasteiger partial charge on any atom is -0.489 e. The Hall–Kier alpha value is -2.32. The lowest BCUT2D eigenvalue weighted by Crippen LogP contribution is -2.30. The fourth-order valence-corrected chi connectivity index (χ4v) is 5.31. The van der Waals surface area contributed by atoms with Gasteiger partial charge >= 0.3 is 5.97 Å². The molecule has 2 aromatic rings. The van der Waals surface area contributed by atoms with Crippen LogP contribution in [-0.2, 0) is 15.6 Å². The number of halogens is 1. The van der Waals surface area contributed by atoms with Crippen LogP contribution in [0.2, 0.25) is 5.02 Å². The molecule has 0 atom stereocenters. The van der Waals surface area contributed by atoms with Gasteiger partial charge in [-0.2, -0.15) is 0 Å². The molecule has 0 amide bonds. The second kappa shape index (κ2) is 6.35. The highest BCUT2D eigenvalue weighted by molar-refractivity contribution is 7.90. The lowest BCUT2D eigenvalue weighted by Gasteiger charge is -2.25. The monoisotopic (exact) mass is 423 g/mol. The van der Waals surface area contributed by atoms with E-state index in [2.05, 4.69) is 0 Å². The van der Waals surface area contributed by atoms with Gasteiger partial charge in [0.05, 0.1) is 27.5 Å². The fraction of sp³-hybridized carbons (Fsp3) is 0.368. The molecule has 1 saturated carbocycles. The first kappa shape index (κ1) is 19.0. The highest BCUT2D eigenvalue weighted by Gasteiger charge is 2.37. The lowest BCUT2D eigenvalue weighted by atomic mass is 10.0. The van der Waals surface area contributed by atoms with Crippen LogP contribution in [0, 0.1) is 0 Å². The molecule has 28 heavy (non-hydrogen) atoms. The smallest absolute Gasteiger partial charge is 0.341 e. The first-order chi connectivity index (χ1) is 13.1. The molecule has 7 nitrogen and oxygen atoms in total. The van der Waals surface area contributed by atoms with Gasteiger partial charge < -0.3 is 14.4 Å². The van der Waals surface area contributed by atoms with Gasteiger partial charge in [0.1, 0.15) is 11.3 Å². The quantitative estimate of drug-likeness (QED) is 0.809. The van der Waals surface area contributed by atoms with E-state index in [1.54, 1.807) is 13.8 Å². The number of carbonyl (C=O) groups is 1. The van der Waals surface area contributed by atoms with Crippen molar-refractivity contribution >= 4 is 27.4 Å². The summed E-state index contributed by atoms with van der Waals surface area (Å²) in [6.45, 7) is 3.61. The van der Waals surface area contributed by atoms with Crippen molar-refractivity contribution in [1.82, 2.24) is 4.57 Å². The third-order valence-corrected chi connectivity index (χ3v) is 6.78. The van der Waals surface area contributed by atoms with Gasteiger partial charge in [-0.05, 0) is 44.4 Å². The SMILES string of the molecule is CC(C)Oc1cc2c(cc1Cl)-c1c(cc(C(=O)O)c(=O)n1C1CC1)CS2(=O)=O. The van der Waals surface area contributed by atoms with E-state index in [1.807, 2.05) is 0 Å². The zero-order chi connectivity index (χ0) is 20.4. The maximum Gasteiger partial charge on any atom is 0.341 e. The van der Waals surface area contributed by atoms with Crippen molar-refractivity contribution in [3.63, 3.8) is 0 Å². The van der Waals surface area contributed by atoms with Crippen molar-refractivity contribution in [1.29, 1.82) is 0 Å². The minimum atomic E-state index is -3.75. The molecule has 0 saturated heterocycles. The largest absolute Gasteiger partial charge is 0.489 e. The number of aromatic nitrogens is 1. The third-order valence-electron chi connectivity index (χ3n) is 4.79. The number of carboxylic acid groups (broad SMARTS) is 1. The Morgan fingerprint density at radius 3 is 2.54 bits per heavy atom. The Morgan fingerprint density at radius 1 is 1.29 bits per heavy atom. The molecule has 2 aliphatic rings. The number of carboxylic acids is 1. The van der Waals surface area contributed by atoms with Crippen LogP contribution in [0.15, 0.2) is 27.9 Å². The van der Waals surface area contributed by atoms with Crippen molar-refractivity contribution < 1.29 is 23.1 Å². The van der Waals surface area contributed by atoms with Crippen LogP contribution in [0.4, 0.5) is 0 Å². The van der Waals surface area contributed by atoms with Gasteiger partial charge in [0.15, 0.2) is 9.84 Å². The number of sulfone groups is 1. The summed E-state index contributed by atoms with van der Waals surface area (Å²) in [4.78, 5) is 24.4. The van der Waals surface area contributed by atoms with Crippen LogP contribution >= 0.6 is 11.6 Å². The summed E-state index contributed by atoms with van der Waals surface area (Å²) in [6.07, 6.45) is 1.27. The normalized spacial score (nSPS) is 17.1. The van der Waals surface area contributed by atoms with Gasteiger partial charge in [-0.1, -0.05) is 11.6 Å². The second-order valence-corrected chi connectivity index (χ2v) is 9.71. The summed E-state index contributed by atoms with van der Waals surface area (Å²) < 4.78 is 32.9. The van der Waals surface area contributed by atoms with Crippen LogP contribution < -0.4 is 10.3 Å². The van der Waals surface area contributed by atoms with E-state index in [1.165, 1.54) is 22.8 Å². The number of fused-ring (bicyclic) bond motifs is 3. The molecule has 2 heterocycles.